The van der Waals surface area contributed by atoms with Crippen LogP contribution >= 0.6 is 15.9 Å². The Morgan fingerprint density at radius 1 is 1.04 bits per heavy atom. The number of piperazine rings is 1. The largest absolute Gasteiger partial charge is 0.336 e. The summed E-state index contributed by atoms with van der Waals surface area (Å²) >= 11 is 3.33. The lowest BCUT2D eigenvalue weighted by Gasteiger charge is -2.35. The molecule has 0 radical (unpaired) electrons. The maximum Gasteiger partial charge on any atom is 0.255 e. The Kier molecular flexibility index (Phi) is 5.08. The Labute approximate surface area is 143 Å². The highest BCUT2D eigenvalue weighted by atomic mass is 79.9. The van der Waals surface area contributed by atoms with Crippen molar-refractivity contribution < 1.29 is 9.18 Å². The molecule has 2 aromatic rings. The molecule has 0 aliphatic carbocycles. The highest BCUT2D eigenvalue weighted by Gasteiger charge is 2.23. The molecule has 5 heteroatoms. The smallest absolute Gasteiger partial charge is 0.255 e. The molecule has 2 aromatic carbocycles. The van der Waals surface area contributed by atoms with Crippen molar-refractivity contribution in [1.29, 1.82) is 0 Å². The molecule has 0 aromatic heterocycles. The normalized spacial score (nSPS) is 15.7. The lowest BCUT2D eigenvalue weighted by Crippen LogP contribution is -2.48. The van der Waals surface area contributed by atoms with Crippen LogP contribution in [0.15, 0.2) is 53.0 Å². The molecule has 1 amide bonds. The SMILES string of the molecule is O=C(c1cc(F)ccc1Br)N1CCN(Cc2ccccc2)CC1. The number of halogens is 2. The Morgan fingerprint density at radius 3 is 2.43 bits per heavy atom. The Balaban J connectivity index is 1.60. The maximum absolute atomic E-state index is 13.4. The van der Waals surface area contributed by atoms with Gasteiger partial charge in [-0.15, -0.1) is 0 Å². The Hall–Kier alpha value is -1.72. The summed E-state index contributed by atoms with van der Waals surface area (Å²) in [6.45, 7) is 3.87. The van der Waals surface area contributed by atoms with E-state index in [4.69, 9.17) is 0 Å². The number of carbonyl (C=O) groups excluding carboxylic acids is 1. The van der Waals surface area contributed by atoms with Crippen LogP contribution in [-0.4, -0.2) is 41.9 Å². The first-order valence-corrected chi connectivity index (χ1v) is 8.43. The molecule has 0 spiro atoms. The molecular formula is C18H18BrFN2O. The predicted molar refractivity (Wildman–Crippen MR) is 91.7 cm³/mol. The second-order valence-electron chi connectivity index (χ2n) is 5.68. The molecule has 0 bridgehead atoms. The van der Waals surface area contributed by atoms with Gasteiger partial charge in [0, 0.05) is 37.2 Å². The van der Waals surface area contributed by atoms with Crippen LogP contribution in [0.2, 0.25) is 0 Å². The summed E-state index contributed by atoms with van der Waals surface area (Å²) in [5.41, 5.74) is 1.67. The maximum atomic E-state index is 13.4. The van der Waals surface area contributed by atoms with Crippen molar-refractivity contribution >= 4 is 21.8 Å². The van der Waals surface area contributed by atoms with Gasteiger partial charge in [0.1, 0.15) is 5.82 Å². The van der Waals surface area contributed by atoms with Gasteiger partial charge in [-0.05, 0) is 39.7 Å². The second-order valence-corrected chi connectivity index (χ2v) is 6.53. The molecule has 23 heavy (non-hydrogen) atoms. The van der Waals surface area contributed by atoms with Crippen LogP contribution in [-0.2, 0) is 6.54 Å². The Bertz CT molecular complexity index is 685. The fourth-order valence-corrected chi connectivity index (χ4v) is 3.20. The van der Waals surface area contributed by atoms with E-state index in [1.54, 1.807) is 11.0 Å². The molecule has 120 valence electrons. The molecule has 0 saturated carbocycles. The number of amides is 1. The van der Waals surface area contributed by atoms with Crippen LogP contribution < -0.4 is 0 Å². The van der Waals surface area contributed by atoms with Crippen molar-refractivity contribution in [1.82, 2.24) is 9.80 Å². The van der Waals surface area contributed by atoms with Gasteiger partial charge in [-0.2, -0.15) is 0 Å². The minimum absolute atomic E-state index is 0.115. The second kappa shape index (κ2) is 7.23. The van der Waals surface area contributed by atoms with Gasteiger partial charge in [-0.25, -0.2) is 4.39 Å². The summed E-state index contributed by atoms with van der Waals surface area (Å²) in [6.07, 6.45) is 0. The summed E-state index contributed by atoms with van der Waals surface area (Å²) in [6, 6.07) is 14.5. The van der Waals surface area contributed by atoms with E-state index in [-0.39, 0.29) is 11.7 Å². The number of hydrogen-bond acceptors (Lipinski definition) is 2. The van der Waals surface area contributed by atoms with Crippen molar-refractivity contribution in [2.45, 2.75) is 6.54 Å². The molecule has 3 rings (SSSR count). The zero-order valence-corrected chi connectivity index (χ0v) is 14.3. The summed E-state index contributed by atoms with van der Waals surface area (Å²) in [4.78, 5) is 16.7. The first-order chi connectivity index (χ1) is 11.1. The van der Waals surface area contributed by atoms with E-state index in [9.17, 15) is 9.18 Å². The van der Waals surface area contributed by atoms with E-state index >= 15 is 0 Å². The summed E-state index contributed by atoms with van der Waals surface area (Å²) in [7, 11) is 0. The van der Waals surface area contributed by atoms with Crippen molar-refractivity contribution in [2.24, 2.45) is 0 Å². The minimum atomic E-state index is -0.390. The monoisotopic (exact) mass is 376 g/mol. The predicted octanol–water partition coefficient (Wildman–Crippen LogP) is 3.55. The molecule has 1 aliphatic rings. The topological polar surface area (TPSA) is 23.6 Å². The van der Waals surface area contributed by atoms with Crippen molar-refractivity contribution in [3.8, 4) is 0 Å². The number of nitrogens with zero attached hydrogens (tertiary/aromatic N) is 2. The fraction of sp³-hybridized carbons (Fsp3) is 0.278. The van der Waals surface area contributed by atoms with Crippen LogP contribution in [0, 0.1) is 5.82 Å². The third kappa shape index (κ3) is 3.98. The lowest BCUT2D eigenvalue weighted by atomic mass is 10.1. The van der Waals surface area contributed by atoms with Crippen LogP contribution in [0.1, 0.15) is 15.9 Å². The zero-order chi connectivity index (χ0) is 16.2. The third-order valence-electron chi connectivity index (χ3n) is 4.07. The summed E-state index contributed by atoms with van der Waals surface area (Å²) < 4.78 is 14.0. The quantitative estimate of drug-likeness (QED) is 0.817. The number of rotatable bonds is 3. The zero-order valence-electron chi connectivity index (χ0n) is 12.7. The highest BCUT2D eigenvalue weighted by Crippen LogP contribution is 2.20. The van der Waals surface area contributed by atoms with Gasteiger partial charge >= 0.3 is 0 Å². The van der Waals surface area contributed by atoms with E-state index in [2.05, 4.69) is 33.0 Å². The van der Waals surface area contributed by atoms with Gasteiger partial charge in [0.05, 0.1) is 5.56 Å². The first kappa shape index (κ1) is 16.1. The molecular weight excluding hydrogens is 359 g/mol. The Morgan fingerprint density at radius 2 is 1.74 bits per heavy atom. The lowest BCUT2D eigenvalue weighted by molar-refractivity contribution is 0.0627. The summed E-state index contributed by atoms with van der Waals surface area (Å²) in [5, 5.41) is 0. The van der Waals surface area contributed by atoms with Crippen molar-refractivity contribution in [3.05, 3.63) is 69.9 Å². The van der Waals surface area contributed by atoms with E-state index < -0.39 is 0 Å². The van der Waals surface area contributed by atoms with E-state index in [0.717, 1.165) is 19.6 Å². The molecule has 0 N–H and O–H groups in total. The average molecular weight is 377 g/mol. The number of benzene rings is 2. The molecule has 1 aliphatic heterocycles. The van der Waals surface area contributed by atoms with Gasteiger partial charge < -0.3 is 4.90 Å². The van der Waals surface area contributed by atoms with Gasteiger partial charge in [-0.3, -0.25) is 9.69 Å². The van der Waals surface area contributed by atoms with Crippen molar-refractivity contribution in [3.63, 3.8) is 0 Å². The molecule has 1 fully saturated rings. The molecule has 0 unspecified atom stereocenters. The fourth-order valence-electron chi connectivity index (χ4n) is 2.78. The van der Waals surface area contributed by atoms with Gasteiger partial charge in [-0.1, -0.05) is 30.3 Å². The van der Waals surface area contributed by atoms with Gasteiger partial charge in [0.25, 0.3) is 5.91 Å². The molecule has 3 nitrogen and oxygen atoms in total. The molecule has 0 atom stereocenters. The van der Waals surface area contributed by atoms with Crippen LogP contribution in [0.3, 0.4) is 0 Å². The summed E-state index contributed by atoms with van der Waals surface area (Å²) in [5.74, 6) is -0.505. The number of hydrogen-bond donors (Lipinski definition) is 0. The van der Waals surface area contributed by atoms with Crippen molar-refractivity contribution in [2.75, 3.05) is 26.2 Å². The molecule has 1 heterocycles. The van der Waals surface area contributed by atoms with Gasteiger partial charge in [0.2, 0.25) is 0 Å². The standard InChI is InChI=1S/C18H18BrFN2O/c19-17-7-6-15(20)12-16(17)18(23)22-10-8-21(9-11-22)13-14-4-2-1-3-5-14/h1-7,12H,8-11,13H2. The van der Waals surface area contributed by atoms with E-state index in [1.165, 1.54) is 17.7 Å². The van der Waals surface area contributed by atoms with E-state index in [0.29, 0.717) is 23.1 Å². The van der Waals surface area contributed by atoms with Crippen LogP contribution in [0.4, 0.5) is 4.39 Å². The highest BCUT2D eigenvalue weighted by molar-refractivity contribution is 9.10. The van der Waals surface area contributed by atoms with Crippen LogP contribution in [0.5, 0.6) is 0 Å². The van der Waals surface area contributed by atoms with E-state index in [1.807, 2.05) is 18.2 Å². The van der Waals surface area contributed by atoms with Crippen LogP contribution in [0.25, 0.3) is 0 Å². The van der Waals surface area contributed by atoms with Gasteiger partial charge in [0.15, 0.2) is 0 Å². The third-order valence-corrected chi connectivity index (χ3v) is 4.76. The minimum Gasteiger partial charge on any atom is -0.336 e. The average Bonchev–Trinajstić information content (AvgIpc) is 2.58. The number of carbonyl (C=O) groups is 1. The first-order valence-electron chi connectivity index (χ1n) is 7.64. The molecule has 1 saturated heterocycles.